The van der Waals surface area contributed by atoms with Crippen LogP contribution in [0, 0.1) is 11.3 Å². The summed E-state index contributed by atoms with van der Waals surface area (Å²) in [5.74, 6) is 0.0333. The zero-order valence-electron chi connectivity index (χ0n) is 12.3. The molecule has 22 heavy (non-hydrogen) atoms. The molecular weight excluding hydrogens is 280 g/mol. The molecule has 0 radical (unpaired) electrons. The van der Waals surface area contributed by atoms with E-state index in [2.05, 4.69) is 16.4 Å². The van der Waals surface area contributed by atoms with Crippen molar-refractivity contribution in [2.45, 2.75) is 32.1 Å². The van der Waals surface area contributed by atoms with E-state index in [1.54, 1.807) is 28.9 Å². The van der Waals surface area contributed by atoms with Gasteiger partial charge in [-0.2, -0.15) is 5.26 Å². The van der Waals surface area contributed by atoms with Crippen molar-refractivity contribution in [1.82, 2.24) is 15.0 Å². The van der Waals surface area contributed by atoms with Gasteiger partial charge in [0.1, 0.15) is 6.07 Å². The number of carbonyl (C=O) groups is 1. The zero-order chi connectivity index (χ0) is 15.5. The fourth-order valence-electron chi connectivity index (χ4n) is 2.30. The standard InChI is InChI=1S/C16H16N4O2/c1-2-9-22-16(21)12-5-7-13(8-6-12)20-15(11-3-4-11)14(10-17)18-19-20/h5-8,11H,2-4,9H2,1H3. The number of ether oxygens (including phenoxy) is 1. The van der Waals surface area contributed by atoms with Crippen LogP contribution in [0.1, 0.15) is 53.8 Å². The molecule has 0 unspecified atom stereocenters. The van der Waals surface area contributed by atoms with E-state index in [0.717, 1.165) is 30.6 Å². The van der Waals surface area contributed by atoms with Crippen molar-refractivity contribution >= 4 is 5.97 Å². The lowest BCUT2D eigenvalue weighted by Gasteiger charge is -2.07. The van der Waals surface area contributed by atoms with E-state index in [9.17, 15) is 4.79 Å². The highest BCUT2D eigenvalue weighted by Crippen LogP contribution is 2.41. The van der Waals surface area contributed by atoms with Crippen LogP contribution < -0.4 is 0 Å². The third-order valence-electron chi connectivity index (χ3n) is 3.56. The third-order valence-corrected chi connectivity index (χ3v) is 3.56. The summed E-state index contributed by atoms with van der Waals surface area (Å²) in [6.45, 7) is 2.37. The normalized spacial score (nSPS) is 13.6. The lowest BCUT2D eigenvalue weighted by Crippen LogP contribution is -2.07. The van der Waals surface area contributed by atoms with Crippen molar-refractivity contribution in [3.63, 3.8) is 0 Å². The Kier molecular flexibility index (Phi) is 3.88. The van der Waals surface area contributed by atoms with Crippen LogP contribution in [0.25, 0.3) is 5.69 Å². The Morgan fingerprint density at radius 3 is 2.73 bits per heavy atom. The minimum Gasteiger partial charge on any atom is -0.462 e. The second-order valence-electron chi connectivity index (χ2n) is 5.30. The van der Waals surface area contributed by atoms with Crippen LogP contribution in [0.15, 0.2) is 24.3 Å². The van der Waals surface area contributed by atoms with E-state index < -0.39 is 0 Å². The summed E-state index contributed by atoms with van der Waals surface area (Å²) in [6.07, 6.45) is 2.91. The molecule has 1 aliphatic carbocycles. The van der Waals surface area contributed by atoms with Crippen LogP contribution in [0.5, 0.6) is 0 Å². The first-order chi connectivity index (χ1) is 10.7. The highest BCUT2D eigenvalue weighted by molar-refractivity contribution is 5.89. The molecule has 0 atom stereocenters. The number of nitriles is 1. The largest absolute Gasteiger partial charge is 0.462 e. The molecule has 0 aliphatic heterocycles. The van der Waals surface area contributed by atoms with Gasteiger partial charge in [-0.1, -0.05) is 12.1 Å². The molecule has 0 N–H and O–H groups in total. The van der Waals surface area contributed by atoms with Gasteiger partial charge in [-0.05, 0) is 43.5 Å². The Morgan fingerprint density at radius 2 is 2.14 bits per heavy atom. The average molecular weight is 296 g/mol. The Bertz CT molecular complexity index is 724. The maximum atomic E-state index is 11.8. The molecule has 0 amide bonds. The topological polar surface area (TPSA) is 80.8 Å². The number of hydrogen-bond acceptors (Lipinski definition) is 5. The maximum Gasteiger partial charge on any atom is 0.338 e. The van der Waals surface area contributed by atoms with Crippen molar-refractivity contribution < 1.29 is 9.53 Å². The van der Waals surface area contributed by atoms with Crippen LogP contribution in [0.3, 0.4) is 0 Å². The molecule has 0 bridgehead atoms. The lowest BCUT2D eigenvalue weighted by molar-refractivity contribution is 0.0505. The smallest absolute Gasteiger partial charge is 0.338 e. The number of esters is 1. The van der Waals surface area contributed by atoms with Crippen LogP contribution >= 0.6 is 0 Å². The fourth-order valence-corrected chi connectivity index (χ4v) is 2.30. The molecule has 0 saturated heterocycles. The van der Waals surface area contributed by atoms with E-state index in [1.165, 1.54) is 0 Å². The molecule has 3 rings (SSSR count). The highest BCUT2D eigenvalue weighted by atomic mass is 16.5. The number of benzene rings is 1. The number of aromatic nitrogens is 3. The first kappa shape index (κ1) is 14.3. The summed E-state index contributed by atoms with van der Waals surface area (Å²) in [5.41, 5.74) is 2.55. The Hall–Kier alpha value is -2.68. The Morgan fingerprint density at radius 1 is 1.41 bits per heavy atom. The molecule has 1 heterocycles. The molecule has 1 fully saturated rings. The molecule has 1 aromatic carbocycles. The Labute approximate surface area is 128 Å². The van der Waals surface area contributed by atoms with E-state index >= 15 is 0 Å². The van der Waals surface area contributed by atoms with Crippen molar-refractivity contribution in [2.24, 2.45) is 0 Å². The summed E-state index contributed by atoms with van der Waals surface area (Å²) in [4.78, 5) is 11.8. The molecule has 112 valence electrons. The van der Waals surface area contributed by atoms with Gasteiger partial charge >= 0.3 is 5.97 Å². The molecule has 1 aliphatic rings. The molecule has 1 saturated carbocycles. The predicted octanol–water partition coefficient (Wildman–Crippen LogP) is 2.58. The fraction of sp³-hybridized carbons (Fsp3) is 0.375. The molecule has 2 aromatic rings. The van der Waals surface area contributed by atoms with Crippen molar-refractivity contribution in [3.05, 3.63) is 41.2 Å². The van der Waals surface area contributed by atoms with Gasteiger partial charge < -0.3 is 4.74 Å². The van der Waals surface area contributed by atoms with E-state index in [-0.39, 0.29) is 5.97 Å². The third kappa shape index (κ3) is 2.70. The summed E-state index contributed by atoms with van der Waals surface area (Å²) in [6, 6.07) is 9.10. The first-order valence-electron chi connectivity index (χ1n) is 7.37. The van der Waals surface area contributed by atoms with Gasteiger partial charge in [0.05, 0.1) is 23.6 Å². The van der Waals surface area contributed by atoms with Gasteiger partial charge in [0.15, 0.2) is 5.69 Å². The number of rotatable bonds is 5. The van der Waals surface area contributed by atoms with Gasteiger partial charge in [-0.25, -0.2) is 9.48 Å². The molecule has 0 spiro atoms. The predicted molar refractivity (Wildman–Crippen MR) is 78.6 cm³/mol. The van der Waals surface area contributed by atoms with Gasteiger partial charge in [-0.15, -0.1) is 5.10 Å². The second kappa shape index (κ2) is 5.98. The summed E-state index contributed by atoms with van der Waals surface area (Å²) in [7, 11) is 0. The quantitative estimate of drug-likeness (QED) is 0.792. The van der Waals surface area contributed by atoms with Crippen LogP contribution in [-0.4, -0.2) is 27.6 Å². The Balaban J connectivity index is 1.86. The van der Waals surface area contributed by atoms with E-state index in [4.69, 9.17) is 10.00 Å². The van der Waals surface area contributed by atoms with Gasteiger partial charge in [0.2, 0.25) is 0 Å². The SMILES string of the molecule is CCCOC(=O)c1ccc(-n2nnc(C#N)c2C2CC2)cc1. The summed E-state index contributed by atoms with van der Waals surface area (Å²) < 4.78 is 6.79. The van der Waals surface area contributed by atoms with Crippen LogP contribution in [-0.2, 0) is 4.74 Å². The van der Waals surface area contributed by atoms with Crippen LogP contribution in [0.2, 0.25) is 0 Å². The minimum atomic E-state index is -0.327. The number of nitrogens with zero attached hydrogens (tertiary/aromatic N) is 4. The van der Waals surface area contributed by atoms with E-state index in [1.807, 2.05) is 6.92 Å². The summed E-state index contributed by atoms with van der Waals surface area (Å²) >= 11 is 0. The van der Waals surface area contributed by atoms with E-state index in [0.29, 0.717) is 23.8 Å². The van der Waals surface area contributed by atoms with Crippen LogP contribution in [0.4, 0.5) is 0 Å². The number of carbonyl (C=O) groups excluding carboxylic acids is 1. The monoisotopic (exact) mass is 296 g/mol. The van der Waals surface area contributed by atoms with Gasteiger partial charge in [0.25, 0.3) is 0 Å². The van der Waals surface area contributed by atoms with Gasteiger partial charge in [-0.3, -0.25) is 0 Å². The maximum absolute atomic E-state index is 11.8. The average Bonchev–Trinajstić information content (AvgIpc) is 3.31. The second-order valence-corrected chi connectivity index (χ2v) is 5.30. The molecule has 6 nitrogen and oxygen atoms in total. The molecular formula is C16H16N4O2. The molecule has 6 heteroatoms. The summed E-state index contributed by atoms with van der Waals surface area (Å²) in [5, 5.41) is 17.1. The zero-order valence-corrected chi connectivity index (χ0v) is 12.3. The first-order valence-corrected chi connectivity index (χ1v) is 7.37. The minimum absolute atomic E-state index is 0.327. The van der Waals surface area contributed by atoms with Crippen molar-refractivity contribution in [2.75, 3.05) is 6.61 Å². The van der Waals surface area contributed by atoms with Gasteiger partial charge in [0, 0.05) is 5.92 Å². The highest BCUT2D eigenvalue weighted by Gasteiger charge is 2.31. The van der Waals surface area contributed by atoms with Crippen molar-refractivity contribution in [1.29, 1.82) is 5.26 Å². The van der Waals surface area contributed by atoms with Crippen molar-refractivity contribution in [3.8, 4) is 11.8 Å². The molecule has 1 aromatic heterocycles. The lowest BCUT2D eigenvalue weighted by atomic mass is 10.2. The number of hydrogen-bond donors (Lipinski definition) is 0.